The molecule has 3 aromatic heterocycles. The van der Waals surface area contributed by atoms with Crippen molar-refractivity contribution < 1.29 is 19.7 Å². The average Bonchev–Trinajstić information content (AvgIpc) is 3.43. The SMILES string of the molecule is Cc1ccc(-c2cnc(Nc3nc(-c4ccc(OCCO)cc4)c(CC(C)C)s3)c(C(=O)O)c2)s1. The molecule has 0 aliphatic carbocycles. The Hall–Kier alpha value is -3.27. The predicted octanol–water partition coefficient (Wildman–Crippen LogP) is 6.25. The standard InChI is InChI=1S/C26H27N3O4S2/c1-15(2)12-22-23(17-5-7-19(8-6-17)33-11-10-30)28-26(35-22)29-24-20(25(31)32)13-18(14-27-24)21-9-4-16(3)34-21/h4-9,13-15,30H,10-12H2,1-3H3,(H,31,32)(H,27,28,29). The van der Waals surface area contributed by atoms with E-state index in [1.165, 1.54) is 11.3 Å². The van der Waals surface area contributed by atoms with Crippen molar-refractivity contribution in [2.24, 2.45) is 5.92 Å². The van der Waals surface area contributed by atoms with Crippen LogP contribution >= 0.6 is 22.7 Å². The van der Waals surface area contributed by atoms with E-state index in [0.717, 1.165) is 37.9 Å². The average molecular weight is 510 g/mol. The number of thiazole rings is 1. The quantitative estimate of drug-likeness (QED) is 0.232. The van der Waals surface area contributed by atoms with Crippen molar-refractivity contribution >= 4 is 39.6 Å². The number of carboxylic acid groups (broad SMARTS) is 1. The molecule has 9 heteroatoms. The molecule has 0 aliphatic rings. The third-order valence-corrected chi connectivity index (χ3v) is 7.19. The summed E-state index contributed by atoms with van der Waals surface area (Å²) in [6.45, 7) is 6.52. The number of carbonyl (C=O) groups is 1. The first-order valence-electron chi connectivity index (χ1n) is 11.2. The minimum Gasteiger partial charge on any atom is -0.491 e. The summed E-state index contributed by atoms with van der Waals surface area (Å²) in [6, 6.07) is 13.2. The normalized spacial score (nSPS) is 11.1. The van der Waals surface area contributed by atoms with E-state index in [0.29, 0.717) is 16.8 Å². The highest BCUT2D eigenvalue weighted by Gasteiger charge is 2.19. The number of thiophene rings is 1. The summed E-state index contributed by atoms with van der Waals surface area (Å²) in [4.78, 5) is 24.5. The van der Waals surface area contributed by atoms with Gasteiger partial charge in [-0.05, 0) is 61.7 Å². The topological polar surface area (TPSA) is 105 Å². The third kappa shape index (κ3) is 6.05. The molecule has 0 amide bonds. The zero-order chi connectivity index (χ0) is 24.9. The van der Waals surface area contributed by atoms with Crippen LogP contribution in [0.3, 0.4) is 0 Å². The largest absolute Gasteiger partial charge is 0.491 e. The monoisotopic (exact) mass is 509 g/mol. The lowest BCUT2D eigenvalue weighted by atomic mass is 10.0. The molecule has 7 nitrogen and oxygen atoms in total. The molecule has 0 unspecified atom stereocenters. The van der Waals surface area contributed by atoms with Gasteiger partial charge in [0.15, 0.2) is 5.13 Å². The van der Waals surface area contributed by atoms with Crippen molar-refractivity contribution in [3.05, 3.63) is 64.0 Å². The van der Waals surface area contributed by atoms with Crippen molar-refractivity contribution in [3.63, 3.8) is 0 Å². The highest BCUT2D eigenvalue weighted by atomic mass is 32.1. The van der Waals surface area contributed by atoms with Gasteiger partial charge in [-0.15, -0.1) is 22.7 Å². The summed E-state index contributed by atoms with van der Waals surface area (Å²) in [5, 5.41) is 22.5. The van der Waals surface area contributed by atoms with Gasteiger partial charge in [0, 0.05) is 32.0 Å². The highest BCUT2D eigenvalue weighted by Crippen LogP contribution is 2.36. The highest BCUT2D eigenvalue weighted by molar-refractivity contribution is 7.16. The fraction of sp³-hybridized carbons (Fsp3) is 0.269. The molecular weight excluding hydrogens is 482 g/mol. The van der Waals surface area contributed by atoms with Crippen LogP contribution in [0.4, 0.5) is 10.9 Å². The van der Waals surface area contributed by atoms with E-state index in [-0.39, 0.29) is 24.6 Å². The maximum absolute atomic E-state index is 12.0. The fourth-order valence-corrected chi connectivity index (χ4v) is 5.61. The Bertz CT molecular complexity index is 1310. The first-order chi connectivity index (χ1) is 16.8. The van der Waals surface area contributed by atoms with Gasteiger partial charge in [-0.2, -0.15) is 0 Å². The number of aryl methyl sites for hydroxylation is 1. The number of hydrogen-bond donors (Lipinski definition) is 3. The lowest BCUT2D eigenvalue weighted by Crippen LogP contribution is -2.05. The number of nitrogens with zero attached hydrogens (tertiary/aromatic N) is 2. The van der Waals surface area contributed by atoms with Gasteiger partial charge in [0.2, 0.25) is 0 Å². The van der Waals surface area contributed by atoms with Gasteiger partial charge in [0.1, 0.15) is 23.7 Å². The maximum Gasteiger partial charge on any atom is 0.339 e. The molecule has 0 aliphatic heterocycles. The van der Waals surface area contributed by atoms with Gasteiger partial charge >= 0.3 is 5.97 Å². The smallest absolute Gasteiger partial charge is 0.339 e. The molecule has 182 valence electrons. The molecule has 0 spiro atoms. The third-order valence-electron chi connectivity index (χ3n) is 5.15. The Balaban J connectivity index is 1.65. The summed E-state index contributed by atoms with van der Waals surface area (Å²) in [6.07, 6.45) is 2.53. The Kier molecular flexibility index (Phi) is 7.80. The summed E-state index contributed by atoms with van der Waals surface area (Å²) in [5.41, 5.74) is 2.66. The number of nitrogens with one attached hydrogen (secondary N) is 1. The zero-order valence-corrected chi connectivity index (χ0v) is 21.4. The molecule has 0 saturated heterocycles. The summed E-state index contributed by atoms with van der Waals surface area (Å²) < 4.78 is 5.46. The lowest BCUT2D eigenvalue weighted by molar-refractivity contribution is 0.0697. The van der Waals surface area contributed by atoms with Crippen molar-refractivity contribution in [2.45, 2.75) is 27.2 Å². The number of benzene rings is 1. The van der Waals surface area contributed by atoms with Crippen molar-refractivity contribution in [3.8, 4) is 27.4 Å². The number of aromatic carboxylic acids is 1. The van der Waals surface area contributed by atoms with E-state index >= 15 is 0 Å². The van der Waals surface area contributed by atoms with E-state index in [1.807, 2.05) is 43.3 Å². The number of aliphatic hydroxyl groups is 1. The van der Waals surface area contributed by atoms with E-state index in [2.05, 4.69) is 24.1 Å². The minimum atomic E-state index is -1.05. The van der Waals surface area contributed by atoms with E-state index < -0.39 is 5.97 Å². The van der Waals surface area contributed by atoms with E-state index in [4.69, 9.17) is 14.8 Å². The number of carboxylic acids is 1. The number of ether oxygens (including phenoxy) is 1. The fourth-order valence-electron chi connectivity index (χ4n) is 3.57. The van der Waals surface area contributed by atoms with Crippen LogP contribution in [0.15, 0.2) is 48.7 Å². The molecule has 0 fully saturated rings. The molecule has 4 aromatic rings. The number of aliphatic hydroxyl groups excluding tert-OH is 1. The van der Waals surface area contributed by atoms with Gasteiger partial charge in [-0.25, -0.2) is 14.8 Å². The molecule has 0 saturated carbocycles. The van der Waals surface area contributed by atoms with E-state index in [9.17, 15) is 9.90 Å². The molecule has 0 atom stereocenters. The molecule has 3 N–H and O–H groups in total. The Labute approximate surface area is 212 Å². The van der Waals surface area contributed by atoms with Gasteiger partial charge in [0.05, 0.1) is 12.3 Å². The Morgan fingerprint density at radius 2 is 1.89 bits per heavy atom. The number of hydrogen-bond acceptors (Lipinski definition) is 8. The van der Waals surface area contributed by atoms with Crippen molar-refractivity contribution in [1.29, 1.82) is 0 Å². The van der Waals surface area contributed by atoms with Crippen LogP contribution in [0, 0.1) is 12.8 Å². The number of pyridine rings is 1. The molecule has 4 rings (SSSR count). The first kappa shape index (κ1) is 24.8. The number of aromatic nitrogens is 2. The van der Waals surface area contributed by atoms with Crippen LogP contribution in [0.2, 0.25) is 0 Å². The molecule has 1 aromatic carbocycles. The molecule has 3 heterocycles. The molecule has 0 radical (unpaired) electrons. The second-order valence-corrected chi connectivity index (χ2v) is 10.8. The van der Waals surface area contributed by atoms with Gasteiger partial charge in [0.25, 0.3) is 0 Å². The summed E-state index contributed by atoms with van der Waals surface area (Å²) in [5.74, 6) is 0.319. The van der Waals surface area contributed by atoms with Gasteiger partial charge in [-0.3, -0.25) is 0 Å². The van der Waals surface area contributed by atoms with Crippen LogP contribution in [-0.2, 0) is 6.42 Å². The summed E-state index contributed by atoms with van der Waals surface area (Å²) >= 11 is 3.10. The van der Waals surface area contributed by atoms with Crippen LogP contribution < -0.4 is 10.1 Å². The van der Waals surface area contributed by atoms with Gasteiger partial charge in [-0.1, -0.05) is 13.8 Å². The number of rotatable bonds is 10. The van der Waals surface area contributed by atoms with Crippen LogP contribution in [0.25, 0.3) is 21.7 Å². The molecule has 35 heavy (non-hydrogen) atoms. The second-order valence-electron chi connectivity index (χ2n) is 8.45. The molecule has 0 bridgehead atoms. The lowest BCUT2D eigenvalue weighted by Gasteiger charge is -2.08. The van der Waals surface area contributed by atoms with Crippen LogP contribution in [0.1, 0.15) is 34.0 Å². The van der Waals surface area contributed by atoms with Gasteiger partial charge < -0.3 is 20.3 Å². The Morgan fingerprint density at radius 3 is 2.51 bits per heavy atom. The van der Waals surface area contributed by atoms with E-state index in [1.54, 1.807) is 23.6 Å². The van der Waals surface area contributed by atoms with Crippen molar-refractivity contribution in [2.75, 3.05) is 18.5 Å². The predicted molar refractivity (Wildman–Crippen MR) is 141 cm³/mol. The maximum atomic E-state index is 12.0. The second kappa shape index (κ2) is 11.0. The first-order valence-corrected chi connectivity index (χ1v) is 12.9. The number of anilines is 2. The zero-order valence-electron chi connectivity index (χ0n) is 19.7. The van der Waals surface area contributed by atoms with Crippen LogP contribution in [0.5, 0.6) is 5.75 Å². The summed E-state index contributed by atoms with van der Waals surface area (Å²) in [7, 11) is 0. The molecular formula is C26H27N3O4S2. The van der Waals surface area contributed by atoms with Crippen LogP contribution in [-0.4, -0.2) is 39.4 Å². The Morgan fingerprint density at radius 1 is 1.11 bits per heavy atom. The van der Waals surface area contributed by atoms with Crippen molar-refractivity contribution in [1.82, 2.24) is 9.97 Å². The minimum absolute atomic E-state index is 0.0400.